The van der Waals surface area contributed by atoms with E-state index in [9.17, 15) is 0 Å². The molecular formula is C8H18N6. The number of nitrogens with one attached hydrogen (secondary N) is 1. The highest BCUT2D eigenvalue weighted by molar-refractivity contribution is 5.23. The van der Waals surface area contributed by atoms with Gasteiger partial charge in [0.1, 0.15) is 0 Å². The standard InChI is InChI=1S/C8H18N6/c1-6(2)4-7(5-9)10-8-11-12-13-14(8)3/h6-7H,4-5,9H2,1-3H3,(H,10,11,13). The zero-order valence-electron chi connectivity index (χ0n) is 8.94. The summed E-state index contributed by atoms with van der Waals surface area (Å²) in [6, 6.07) is 0.236. The smallest absolute Gasteiger partial charge is 0.242 e. The van der Waals surface area contributed by atoms with Crippen molar-refractivity contribution >= 4 is 5.95 Å². The summed E-state index contributed by atoms with van der Waals surface area (Å²) in [5, 5.41) is 14.3. The van der Waals surface area contributed by atoms with Crippen LogP contribution in [0.4, 0.5) is 5.95 Å². The van der Waals surface area contributed by atoms with Crippen LogP contribution in [0.1, 0.15) is 20.3 Å². The summed E-state index contributed by atoms with van der Waals surface area (Å²) in [7, 11) is 1.80. The zero-order valence-corrected chi connectivity index (χ0v) is 8.94. The lowest BCUT2D eigenvalue weighted by molar-refractivity contribution is 0.517. The number of nitrogens with zero attached hydrogens (tertiary/aromatic N) is 4. The first-order valence-corrected chi connectivity index (χ1v) is 4.82. The fourth-order valence-corrected chi connectivity index (χ4v) is 1.32. The van der Waals surface area contributed by atoms with E-state index in [1.807, 2.05) is 0 Å². The van der Waals surface area contributed by atoms with Crippen molar-refractivity contribution in [3.63, 3.8) is 0 Å². The molecule has 80 valence electrons. The van der Waals surface area contributed by atoms with Gasteiger partial charge in [0.2, 0.25) is 5.95 Å². The molecule has 0 fully saturated rings. The zero-order chi connectivity index (χ0) is 10.6. The third kappa shape index (κ3) is 2.95. The van der Waals surface area contributed by atoms with Gasteiger partial charge in [0.25, 0.3) is 0 Å². The van der Waals surface area contributed by atoms with Gasteiger partial charge in [-0.2, -0.15) is 0 Å². The van der Waals surface area contributed by atoms with Crippen molar-refractivity contribution in [2.75, 3.05) is 11.9 Å². The van der Waals surface area contributed by atoms with E-state index in [4.69, 9.17) is 5.73 Å². The maximum Gasteiger partial charge on any atom is 0.242 e. The second-order valence-corrected chi connectivity index (χ2v) is 3.83. The molecule has 0 saturated carbocycles. The molecule has 0 spiro atoms. The highest BCUT2D eigenvalue weighted by Crippen LogP contribution is 2.08. The van der Waals surface area contributed by atoms with E-state index in [1.165, 1.54) is 0 Å². The van der Waals surface area contributed by atoms with Crippen molar-refractivity contribution in [2.45, 2.75) is 26.3 Å². The van der Waals surface area contributed by atoms with Crippen LogP contribution in [0, 0.1) is 5.92 Å². The van der Waals surface area contributed by atoms with E-state index in [0.29, 0.717) is 18.4 Å². The lowest BCUT2D eigenvalue weighted by Crippen LogP contribution is -2.31. The van der Waals surface area contributed by atoms with Gasteiger partial charge >= 0.3 is 0 Å². The summed E-state index contributed by atoms with van der Waals surface area (Å²) in [6.45, 7) is 4.92. The average molecular weight is 198 g/mol. The molecule has 6 nitrogen and oxygen atoms in total. The number of hydrogen-bond acceptors (Lipinski definition) is 5. The van der Waals surface area contributed by atoms with Gasteiger partial charge in [0, 0.05) is 19.6 Å². The van der Waals surface area contributed by atoms with Crippen molar-refractivity contribution in [3.05, 3.63) is 0 Å². The molecule has 0 aromatic carbocycles. The highest BCUT2D eigenvalue weighted by Gasteiger charge is 2.11. The lowest BCUT2D eigenvalue weighted by Gasteiger charge is -2.18. The SMILES string of the molecule is CC(C)CC(CN)Nc1nnnn1C. The molecular weight excluding hydrogens is 180 g/mol. The maximum atomic E-state index is 5.65. The van der Waals surface area contributed by atoms with Crippen LogP contribution in [0.5, 0.6) is 0 Å². The van der Waals surface area contributed by atoms with Crippen molar-refractivity contribution < 1.29 is 0 Å². The number of tetrazole rings is 1. The Bertz CT molecular complexity index is 269. The predicted octanol–water partition coefficient (Wildman–Crippen LogP) is -0.00460. The lowest BCUT2D eigenvalue weighted by atomic mass is 10.0. The van der Waals surface area contributed by atoms with Gasteiger partial charge in [-0.25, -0.2) is 4.68 Å². The van der Waals surface area contributed by atoms with Crippen LogP contribution in [-0.4, -0.2) is 32.8 Å². The number of nitrogens with two attached hydrogens (primary N) is 1. The van der Waals surface area contributed by atoms with E-state index in [-0.39, 0.29) is 6.04 Å². The fraction of sp³-hybridized carbons (Fsp3) is 0.875. The Labute approximate surface area is 83.9 Å². The third-order valence-corrected chi connectivity index (χ3v) is 1.99. The molecule has 14 heavy (non-hydrogen) atoms. The number of rotatable bonds is 5. The molecule has 1 aromatic heterocycles. The Morgan fingerprint density at radius 1 is 1.50 bits per heavy atom. The van der Waals surface area contributed by atoms with Gasteiger partial charge < -0.3 is 11.1 Å². The molecule has 0 aliphatic carbocycles. The van der Waals surface area contributed by atoms with Crippen LogP contribution in [0.25, 0.3) is 0 Å². The number of hydrogen-bond donors (Lipinski definition) is 2. The summed E-state index contributed by atoms with van der Waals surface area (Å²) in [5.74, 6) is 1.28. The molecule has 0 saturated heterocycles. The van der Waals surface area contributed by atoms with E-state index < -0.39 is 0 Å². The first kappa shape index (κ1) is 10.9. The molecule has 1 atom stereocenters. The van der Waals surface area contributed by atoms with Crippen LogP contribution in [0.3, 0.4) is 0 Å². The van der Waals surface area contributed by atoms with E-state index >= 15 is 0 Å². The molecule has 0 radical (unpaired) electrons. The second kappa shape index (κ2) is 4.90. The highest BCUT2D eigenvalue weighted by atomic mass is 15.6. The monoisotopic (exact) mass is 198 g/mol. The second-order valence-electron chi connectivity index (χ2n) is 3.83. The Morgan fingerprint density at radius 3 is 2.64 bits per heavy atom. The Hall–Kier alpha value is -1.17. The van der Waals surface area contributed by atoms with Crippen LogP contribution in [0.15, 0.2) is 0 Å². The van der Waals surface area contributed by atoms with Gasteiger partial charge in [-0.15, -0.1) is 0 Å². The number of aryl methyl sites for hydroxylation is 1. The van der Waals surface area contributed by atoms with Gasteiger partial charge in [0.15, 0.2) is 0 Å². The third-order valence-electron chi connectivity index (χ3n) is 1.99. The molecule has 3 N–H and O–H groups in total. The number of anilines is 1. The first-order chi connectivity index (χ1) is 6.63. The molecule has 0 amide bonds. The molecule has 0 aliphatic heterocycles. The molecule has 1 unspecified atom stereocenters. The summed E-state index contributed by atoms with van der Waals surface area (Å²) < 4.78 is 1.60. The van der Waals surface area contributed by atoms with Gasteiger partial charge in [-0.05, 0) is 22.8 Å². The first-order valence-electron chi connectivity index (χ1n) is 4.82. The fourth-order valence-electron chi connectivity index (χ4n) is 1.32. The molecule has 6 heteroatoms. The quantitative estimate of drug-likeness (QED) is 0.695. The predicted molar refractivity (Wildman–Crippen MR) is 54.7 cm³/mol. The summed E-state index contributed by atoms with van der Waals surface area (Å²) in [4.78, 5) is 0. The summed E-state index contributed by atoms with van der Waals surface area (Å²) in [5.41, 5.74) is 5.65. The largest absolute Gasteiger partial charge is 0.349 e. The van der Waals surface area contributed by atoms with E-state index in [1.54, 1.807) is 11.7 Å². The molecule has 1 heterocycles. The van der Waals surface area contributed by atoms with Gasteiger partial charge in [-0.3, -0.25) is 0 Å². The Morgan fingerprint density at radius 2 is 2.21 bits per heavy atom. The van der Waals surface area contributed by atoms with Crippen molar-refractivity contribution in [1.29, 1.82) is 0 Å². The Balaban J connectivity index is 2.52. The maximum absolute atomic E-state index is 5.65. The average Bonchev–Trinajstić information content (AvgIpc) is 2.50. The summed E-state index contributed by atoms with van der Waals surface area (Å²) in [6.07, 6.45) is 1.02. The number of aromatic nitrogens is 4. The van der Waals surface area contributed by atoms with Crippen molar-refractivity contribution in [1.82, 2.24) is 20.2 Å². The van der Waals surface area contributed by atoms with Gasteiger partial charge in [0.05, 0.1) is 0 Å². The summed E-state index contributed by atoms with van der Waals surface area (Å²) >= 11 is 0. The van der Waals surface area contributed by atoms with Crippen molar-refractivity contribution in [3.8, 4) is 0 Å². The molecule has 1 rings (SSSR count). The molecule has 0 bridgehead atoms. The van der Waals surface area contributed by atoms with Crippen LogP contribution in [0.2, 0.25) is 0 Å². The minimum atomic E-state index is 0.236. The minimum Gasteiger partial charge on any atom is -0.349 e. The molecule has 0 aliphatic rings. The Kier molecular flexibility index (Phi) is 3.82. The van der Waals surface area contributed by atoms with Crippen LogP contribution >= 0.6 is 0 Å². The minimum absolute atomic E-state index is 0.236. The normalized spacial score (nSPS) is 13.2. The van der Waals surface area contributed by atoms with E-state index in [2.05, 4.69) is 34.7 Å². The molecule has 1 aromatic rings. The van der Waals surface area contributed by atoms with Crippen molar-refractivity contribution in [2.24, 2.45) is 18.7 Å². The van der Waals surface area contributed by atoms with E-state index in [0.717, 1.165) is 6.42 Å². The van der Waals surface area contributed by atoms with Crippen LogP contribution < -0.4 is 11.1 Å². The van der Waals surface area contributed by atoms with Crippen LogP contribution in [-0.2, 0) is 7.05 Å². The van der Waals surface area contributed by atoms with Gasteiger partial charge in [-0.1, -0.05) is 18.9 Å². The topological polar surface area (TPSA) is 81.7 Å².